The summed E-state index contributed by atoms with van der Waals surface area (Å²) in [6.07, 6.45) is 0.967. The molecular weight excluding hydrogens is 418 g/mol. The Kier molecular flexibility index (Phi) is 5.88. The molecule has 2 saturated heterocycles. The zero-order valence-corrected chi connectivity index (χ0v) is 18.7. The van der Waals surface area contributed by atoms with Crippen LogP contribution in [0.25, 0.3) is 0 Å². The average molecular weight is 444 g/mol. The van der Waals surface area contributed by atoms with E-state index in [1.807, 2.05) is 78.5 Å². The highest BCUT2D eigenvalue weighted by atomic mass is 32.2. The largest absolute Gasteiger partial charge is 0.378 e. The number of rotatable bonds is 5. The molecule has 4 rings (SSSR count). The molecule has 0 N–H and O–H groups in total. The van der Waals surface area contributed by atoms with Crippen LogP contribution < -0.4 is 9.80 Å². The van der Waals surface area contributed by atoms with Crippen molar-refractivity contribution in [2.75, 3.05) is 35.4 Å². The number of amidine groups is 1. The van der Waals surface area contributed by atoms with Crippen molar-refractivity contribution < 1.29 is 13.2 Å². The van der Waals surface area contributed by atoms with E-state index in [2.05, 4.69) is 4.99 Å². The Balaban J connectivity index is 1.57. The van der Waals surface area contributed by atoms with Gasteiger partial charge in [0.05, 0.1) is 17.5 Å². The minimum atomic E-state index is -3.08. The minimum Gasteiger partial charge on any atom is -0.378 e. The molecule has 158 valence electrons. The Bertz CT molecular complexity index is 1050. The van der Waals surface area contributed by atoms with Crippen LogP contribution in [0.4, 0.5) is 11.4 Å². The maximum absolute atomic E-state index is 12.6. The molecule has 2 aromatic rings. The highest BCUT2D eigenvalue weighted by molar-refractivity contribution is 8.16. The van der Waals surface area contributed by atoms with E-state index in [0.717, 1.165) is 16.9 Å². The van der Waals surface area contributed by atoms with Gasteiger partial charge in [-0.15, -0.1) is 0 Å². The molecular formula is C22H25N3O3S2. The van der Waals surface area contributed by atoms with Crippen LogP contribution in [-0.2, 0) is 21.1 Å². The van der Waals surface area contributed by atoms with Gasteiger partial charge in [-0.2, -0.15) is 4.99 Å². The summed E-state index contributed by atoms with van der Waals surface area (Å²) in [5, 5.41) is 0.514. The third-order valence-electron chi connectivity index (χ3n) is 5.40. The number of thioether (sulfide) groups is 1. The third kappa shape index (κ3) is 4.54. The SMILES string of the molecule is CN(C)c1ccc(N2C(=NC(=O)CCc3ccccc3)S[C@@H]3CS(=O)(=O)C[C@@H]32)cc1. The molecule has 0 aliphatic carbocycles. The molecule has 8 heteroatoms. The summed E-state index contributed by atoms with van der Waals surface area (Å²) in [4.78, 5) is 20.9. The van der Waals surface area contributed by atoms with Crippen molar-refractivity contribution in [2.24, 2.45) is 4.99 Å². The highest BCUT2D eigenvalue weighted by Crippen LogP contribution is 2.41. The van der Waals surface area contributed by atoms with Crippen molar-refractivity contribution in [3.8, 4) is 0 Å². The summed E-state index contributed by atoms with van der Waals surface area (Å²) in [5.41, 5.74) is 3.02. The second-order valence-corrected chi connectivity index (χ2v) is 11.2. The molecule has 0 spiro atoms. The van der Waals surface area contributed by atoms with E-state index in [1.54, 1.807) is 0 Å². The molecule has 2 aliphatic rings. The zero-order chi connectivity index (χ0) is 21.3. The van der Waals surface area contributed by atoms with E-state index in [1.165, 1.54) is 11.8 Å². The lowest BCUT2D eigenvalue weighted by atomic mass is 10.1. The number of hydrogen-bond acceptors (Lipinski definition) is 5. The number of anilines is 2. The Labute approximate surface area is 181 Å². The van der Waals surface area contributed by atoms with Gasteiger partial charge in [0.25, 0.3) is 0 Å². The topological polar surface area (TPSA) is 70.0 Å². The van der Waals surface area contributed by atoms with Gasteiger partial charge >= 0.3 is 0 Å². The van der Waals surface area contributed by atoms with Gasteiger partial charge in [-0.1, -0.05) is 42.1 Å². The molecule has 30 heavy (non-hydrogen) atoms. The van der Waals surface area contributed by atoms with Crippen molar-refractivity contribution >= 4 is 44.0 Å². The van der Waals surface area contributed by atoms with Gasteiger partial charge in [0, 0.05) is 37.1 Å². The molecule has 2 atom stereocenters. The number of amides is 1. The molecule has 0 bridgehead atoms. The molecule has 2 aromatic carbocycles. The summed E-state index contributed by atoms with van der Waals surface area (Å²) in [7, 11) is 0.865. The quantitative estimate of drug-likeness (QED) is 0.708. The first kappa shape index (κ1) is 20.9. The molecule has 2 heterocycles. The standard InChI is InChI=1S/C22H25N3O3S2/c1-24(2)17-9-11-18(12-10-17)25-19-14-30(27,28)15-20(19)29-22(25)23-21(26)13-8-16-6-4-3-5-7-16/h3-7,9-12,19-20H,8,13-15H2,1-2H3/t19-,20+/m0/s1. The van der Waals surface area contributed by atoms with Crippen molar-refractivity contribution in [2.45, 2.75) is 24.1 Å². The zero-order valence-electron chi connectivity index (χ0n) is 17.1. The fourth-order valence-corrected chi connectivity index (χ4v) is 7.77. The Morgan fingerprint density at radius 1 is 1.10 bits per heavy atom. The number of nitrogens with zero attached hydrogens (tertiary/aromatic N) is 3. The van der Waals surface area contributed by atoms with Gasteiger partial charge in [0.1, 0.15) is 0 Å². The highest BCUT2D eigenvalue weighted by Gasteiger charge is 2.49. The number of benzene rings is 2. The molecule has 2 fully saturated rings. The van der Waals surface area contributed by atoms with Crippen LogP contribution in [0.15, 0.2) is 59.6 Å². The lowest BCUT2D eigenvalue weighted by Gasteiger charge is -2.25. The Morgan fingerprint density at radius 3 is 2.47 bits per heavy atom. The van der Waals surface area contributed by atoms with Gasteiger partial charge < -0.3 is 9.80 Å². The van der Waals surface area contributed by atoms with Crippen LogP contribution in [0.1, 0.15) is 12.0 Å². The van der Waals surface area contributed by atoms with E-state index >= 15 is 0 Å². The Hall–Kier alpha value is -2.32. The number of aliphatic imine (C=N–C) groups is 1. The van der Waals surface area contributed by atoms with E-state index in [9.17, 15) is 13.2 Å². The summed E-state index contributed by atoms with van der Waals surface area (Å²) in [6.45, 7) is 0. The first-order valence-corrected chi connectivity index (χ1v) is 12.6. The molecule has 1 amide bonds. The van der Waals surface area contributed by atoms with Crippen molar-refractivity contribution in [1.29, 1.82) is 0 Å². The van der Waals surface area contributed by atoms with Gasteiger partial charge in [-0.25, -0.2) is 8.42 Å². The fourth-order valence-electron chi connectivity index (χ4n) is 3.84. The van der Waals surface area contributed by atoms with Crippen LogP contribution in [0, 0.1) is 0 Å². The van der Waals surface area contributed by atoms with E-state index < -0.39 is 9.84 Å². The average Bonchev–Trinajstić information content (AvgIpc) is 3.18. The molecule has 0 radical (unpaired) electrons. The molecule has 2 aliphatic heterocycles. The first-order chi connectivity index (χ1) is 14.3. The van der Waals surface area contributed by atoms with E-state index in [-0.39, 0.29) is 28.7 Å². The molecule has 0 aromatic heterocycles. The monoisotopic (exact) mass is 443 g/mol. The van der Waals surface area contributed by atoms with Crippen LogP contribution in [0.3, 0.4) is 0 Å². The van der Waals surface area contributed by atoms with E-state index in [4.69, 9.17) is 0 Å². The fraction of sp³-hybridized carbons (Fsp3) is 0.364. The van der Waals surface area contributed by atoms with Crippen molar-refractivity contribution in [3.63, 3.8) is 0 Å². The number of hydrogen-bond donors (Lipinski definition) is 0. The molecule has 6 nitrogen and oxygen atoms in total. The predicted molar refractivity (Wildman–Crippen MR) is 124 cm³/mol. The lowest BCUT2D eigenvalue weighted by molar-refractivity contribution is -0.117. The molecule has 0 unspecified atom stereocenters. The van der Waals surface area contributed by atoms with Gasteiger partial charge in [-0.05, 0) is 36.2 Å². The van der Waals surface area contributed by atoms with Gasteiger partial charge in [-0.3, -0.25) is 4.79 Å². The maximum atomic E-state index is 12.6. The predicted octanol–water partition coefficient (Wildman–Crippen LogP) is 2.99. The lowest BCUT2D eigenvalue weighted by Crippen LogP contribution is -2.37. The Morgan fingerprint density at radius 2 is 1.80 bits per heavy atom. The van der Waals surface area contributed by atoms with Crippen LogP contribution in [0.5, 0.6) is 0 Å². The van der Waals surface area contributed by atoms with Crippen molar-refractivity contribution in [1.82, 2.24) is 0 Å². The van der Waals surface area contributed by atoms with Crippen LogP contribution in [-0.4, -0.2) is 56.4 Å². The number of sulfone groups is 1. The maximum Gasteiger partial charge on any atom is 0.248 e. The smallest absolute Gasteiger partial charge is 0.248 e. The second kappa shape index (κ2) is 8.43. The summed E-state index contributed by atoms with van der Waals surface area (Å²) in [5.74, 6) is 0.0440. The van der Waals surface area contributed by atoms with Crippen LogP contribution >= 0.6 is 11.8 Å². The van der Waals surface area contributed by atoms with Gasteiger partial charge in [0.15, 0.2) is 15.0 Å². The molecule has 0 saturated carbocycles. The minimum absolute atomic E-state index is 0.0933. The summed E-state index contributed by atoms with van der Waals surface area (Å²) < 4.78 is 24.4. The number of fused-ring (bicyclic) bond motifs is 1. The summed E-state index contributed by atoms with van der Waals surface area (Å²) in [6, 6.07) is 17.6. The number of aryl methyl sites for hydroxylation is 1. The normalized spacial score (nSPS) is 23.5. The van der Waals surface area contributed by atoms with E-state index in [0.29, 0.717) is 18.0 Å². The first-order valence-electron chi connectivity index (χ1n) is 9.91. The second-order valence-electron chi connectivity index (χ2n) is 7.86. The van der Waals surface area contributed by atoms with Gasteiger partial charge in [0.2, 0.25) is 5.91 Å². The number of carbonyl (C=O) groups is 1. The van der Waals surface area contributed by atoms with Crippen molar-refractivity contribution in [3.05, 3.63) is 60.2 Å². The third-order valence-corrected chi connectivity index (χ3v) is 8.61. The summed E-state index contributed by atoms with van der Waals surface area (Å²) >= 11 is 1.41. The number of carbonyl (C=O) groups excluding carboxylic acids is 1. The van der Waals surface area contributed by atoms with Crippen LogP contribution in [0.2, 0.25) is 0 Å².